The van der Waals surface area contributed by atoms with Crippen LogP contribution >= 0.6 is 0 Å². The first-order chi connectivity index (χ1) is 9.87. The molecular weight excluding hydrogens is 287 g/mol. The van der Waals surface area contributed by atoms with Gasteiger partial charge in [0.1, 0.15) is 18.5 Å². The molecule has 21 heavy (non-hydrogen) atoms. The lowest BCUT2D eigenvalue weighted by Gasteiger charge is -2.27. The van der Waals surface area contributed by atoms with Crippen molar-refractivity contribution in [2.24, 2.45) is 0 Å². The first kappa shape index (κ1) is 15.6. The number of halogens is 3. The van der Waals surface area contributed by atoms with E-state index in [0.717, 1.165) is 5.56 Å². The maximum absolute atomic E-state index is 12.1. The van der Waals surface area contributed by atoms with E-state index in [4.69, 9.17) is 4.74 Å². The minimum atomic E-state index is -4.44. The van der Waals surface area contributed by atoms with E-state index < -0.39 is 24.8 Å². The van der Waals surface area contributed by atoms with E-state index in [0.29, 0.717) is 18.8 Å². The third kappa shape index (κ3) is 4.35. The van der Waals surface area contributed by atoms with Crippen molar-refractivity contribution in [3.8, 4) is 5.75 Å². The van der Waals surface area contributed by atoms with Crippen LogP contribution in [0.15, 0.2) is 24.3 Å². The molecule has 0 radical (unpaired) electrons. The Hall–Kier alpha value is -1.76. The highest BCUT2D eigenvalue weighted by Gasteiger charge is 2.31. The van der Waals surface area contributed by atoms with Crippen molar-refractivity contribution in [1.29, 1.82) is 0 Å². The molecule has 1 aliphatic rings. The number of nitrogens with one attached hydrogen (secondary N) is 1. The normalized spacial score (nSPS) is 19.3. The number of carbonyl (C=O) groups is 1. The van der Waals surface area contributed by atoms with Gasteiger partial charge < -0.3 is 14.8 Å². The lowest BCUT2D eigenvalue weighted by Crippen LogP contribution is -2.40. The molecule has 0 saturated heterocycles. The van der Waals surface area contributed by atoms with Gasteiger partial charge in [-0.25, -0.2) is 0 Å². The molecule has 1 N–H and O–H groups in total. The van der Waals surface area contributed by atoms with E-state index in [9.17, 15) is 18.0 Å². The van der Waals surface area contributed by atoms with Crippen molar-refractivity contribution in [2.45, 2.75) is 31.7 Å². The summed E-state index contributed by atoms with van der Waals surface area (Å²) in [5.41, 5.74) is 0.820. The molecule has 1 aromatic rings. The Morgan fingerprint density at radius 2 is 2.19 bits per heavy atom. The molecule has 1 amide bonds. The highest BCUT2D eigenvalue weighted by molar-refractivity contribution is 5.81. The van der Waals surface area contributed by atoms with Crippen LogP contribution in [0.2, 0.25) is 0 Å². The second-order valence-corrected chi connectivity index (χ2v) is 4.80. The highest BCUT2D eigenvalue weighted by atomic mass is 19.4. The second kappa shape index (κ2) is 6.34. The number of rotatable bonds is 4. The van der Waals surface area contributed by atoms with Crippen LogP contribution in [0.4, 0.5) is 13.2 Å². The molecule has 1 aliphatic heterocycles. The van der Waals surface area contributed by atoms with Crippen LogP contribution in [0, 0.1) is 0 Å². The zero-order valence-corrected chi connectivity index (χ0v) is 11.4. The van der Waals surface area contributed by atoms with Gasteiger partial charge in [-0.1, -0.05) is 18.2 Å². The number of hydrogen-bond acceptors (Lipinski definition) is 3. The summed E-state index contributed by atoms with van der Waals surface area (Å²) in [4.78, 5) is 11.9. The fourth-order valence-electron chi connectivity index (χ4n) is 2.08. The Labute approximate surface area is 120 Å². The Morgan fingerprint density at radius 1 is 1.48 bits per heavy atom. The summed E-state index contributed by atoms with van der Waals surface area (Å²) in [5, 5.41) is 2.70. The third-order valence-electron chi connectivity index (χ3n) is 3.14. The van der Waals surface area contributed by atoms with Gasteiger partial charge in [0.15, 0.2) is 0 Å². The summed E-state index contributed by atoms with van der Waals surface area (Å²) in [6.07, 6.45) is -5.05. The van der Waals surface area contributed by atoms with Crippen LogP contribution in [0.25, 0.3) is 0 Å². The van der Waals surface area contributed by atoms with Crippen LogP contribution in [0.3, 0.4) is 0 Å². The molecule has 116 valence electrons. The minimum absolute atomic E-state index is 0.278. The summed E-state index contributed by atoms with van der Waals surface area (Å²) in [5.74, 6) is 0.110. The molecular formula is C14H16F3NO3. The summed E-state index contributed by atoms with van der Waals surface area (Å²) >= 11 is 0. The number of fused-ring (bicyclic) bond motifs is 1. The molecule has 0 aliphatic carbocycles. The fourth-order valence-corrected chi connectivity index (χ4v) is 2.08. The number of carbonyl (C=O) groups excluding carboxylic acids is 1. The van der Waals surface area contributed by atoms with Crippen molar-refractivity contribution in [3.05, 3.63) is 29.8 Å². The van der Waals surface area contributed by atoms with E-state index in [2.05, 4.69) is 10.1 Å². The average molecular weight is 303 g/mol. The van der Waals surface area contributed by atoms with Gasteiger partial charge in [0.2, 0.25) is 5.91 Å². The Morgan fingerprint density at radius 3 is 2.90 bits per heavy atom. The van der Waals surface area contributed by atoms with Crippen LogP contribution in [-0.2, 0) is 9.53 Å². The van der Waals surface area contributed by atoms with Gasteiger partial charge in [0.05, 0.1) is 12.6 Å². The van der Waals surface area contributed by atoms with Crippen LogP contribution in [0.1, 0.15) is 24.9 Å². The Bertz CT molecular complexity index is 504. The van der Waals surface area contributed by atoms with Crippen molar-refractivity contribution >= 4 is 5.91 Å². The predicted molar refractivity (Wildman–Crippen MR) is 68.9 cm³/mol. The molecule has 2 atom stereocenters. The van der Waals surface area contributed by atoms with Gasteiger partial charge in [0, 0.05) is 12.0 Å². The van der Waals surface area contributed by atoms with Crippen LogP contribution < -0.4 is 10.1 Å². The van der Waals surface area contributed by atoms with Crippen LogP contribution in [0.5, 0.6) is 5.75 Å². The summed E-state index contributed by atoms with van der Waals surface area (Å²) in [6.45, 7) is 0.304. The van der Waals surface area contributed by atoms with Gasteiger partial charge in [0.25, 0.3) is 0 Å². The molecule has 2 rings (SSSR count). The first-order valence-electron chi connectivity index (χ1n) is 6.57. The van der Waals surface area contributed by atoms with E-state index in [1.165, 1.54) is 6.92 Å². The lowest BCUT2D eigenvalue weighted by molar-refractivity contribution is -0.185. The maximum atomic E-state index is 12.1. The molecule has 1 heterocycles. The van der Waals surface area contributed by atoms with Crippen molar-refractivity contribution in [3.63, 3.8) is 0 Å². The van der Waals surface area contributed by atoms with E-state index >= 15 is 0 Å². The highest BCUT2D eigenvalue weighted by Crippen LogP contribution is 2.31. The Balaban J connectivity index is 1.94. The predicted octanol–water partition coefficient (Wildman–Crippen LogP) is 2.59. The fraction of sp³-hybridized carbons (Fsp3) is 0.500. The molecule has 0 aromatic heterocycles. The second-order valence-electron chi connectivity index (χ2n) is 4.80. The summed E-state index contributed by atoms with van der Waals surface area (Å²) in [7, 11) is 0. The zero-order chi connectivity index (χ0) is 15.5. The molecule has 7 heteroatoms. The summed E-state index contributed by atoms with van der Waals surface area (Å²) < 4.78 is 46.2. The van der Waals surface area contributed by atoms with Gasteiger partial charge in [-0.05, 0) is 13.0 Å². The smallest absolute Gasteiger partial charge is 0.411 e. The number of benzene rings is 1. The van der Waals surface area contributed by atoms with Crippen molar-refractivity contribution in [1.82, 2.24) is 5.32 Å². The van der Waals surface area contributed by atoms with Gasteiger partial charge in [-0.15, -0.1) is 0 Å². The summed E-state index contributed by atoms with van der Waals surface area (Å²) in [6, 6.07) is 6.96. The average Bonchev–Trinajstić information content (AvgIpc) is 2.44. The van der Waals surface area contributed by atoms with Gasteiger partial charge >= 0.3 is 6.18 Å². The van der Waals surface area contributed by atoms with Crippen LogP contribution in [-0.4, -0.2) is 31.4 Å². The van der Waals surface area contributed by atoms with Gasteiger partial charge in [-0.3, -0.25) is 4.79 Å². The molecule has 0 fully saturated rings. The maximum Gasteiger partial charge on any atom is 0.411 e. The Kier molecular flexibility index (Phi) is 4.72. The largest absolute Gasteiger partial charge is 0.493 e. The lowest BCUT2D eigenvalue weighted by atomic mass is 10.0. The third-order valence-corrected chi connectivity index (χ3v) is 3.14. The standard InChI is InChI=1S/C14H16F3NO3/c1-9(21-8-14(15,16)17)13(19)18-11-6-7-20-12-5-3-2-4-10(11)12/h2-5,9,11H,6-8H2,1H3,(H,18,19)/t9-,11+/m0/s1. The molecule has 4 nitrogen and oxygen atoms in total. The zero-order valence-electron chi connectivity index (χ0n) is 11.4. The SMILES string of the molecule is C[C@H](OCC(F)(F)F)C(=O)N[C@@H]1CCOc2ccccc21. The number of alkyl halides is 3. The van der Waals surface area contributed by atoms with E-state index in [1.807, 2.05) is 18.2 Å². The van der Waals surface area contributed by atoms with Crippen molar-refractivity contribution in [2.75, 3.05) is 13.2 Å². The van der Waals surface area contributed by atoms with E-state index in [1.54, 1.807) is 6.07 Å². The minimum Gasteiger partial charge on any atom is -0.493 e. The number of para-hydroxylation sites is 1. The van der Waals surface area contributed by atoms with Gasteiger partial charge in [-0.2, -0.15) is 13.2 Å². The monoisotopic (exact) mass is 303 g/mol. The molecule has 1 aromatic carbocycles. The number of amides is 1. The number of hydrogen-bond donors (Lipinski definition) is 1. The van der Waals surface area contributed by atoms with E-state index in [-0.39, 0.29) is 6.04 Å². The molecule has 0 saturated carbocycles. The van der Waals surface area contributed by atoms with Crippen molar-refractivity contribution < 1.29 is 27.4 Å². The molecule has 0 bridgehead atoms. The topological polar surface area (TPSA) is 47.6 Å². The quantitative estimate of drug-likeness (QED) is 0.930. The first-order valence-corrected chi connectivity index (χ1v) is 6.57. The molecule has 0 spiro atoms. The molecule has 0 unspecified atom stereocenters. The number of ether oxygens (including phenoxy) is 2.